The van der Waals surface area contributed by atoms with Crippen molar-refractivity contribution in [3.8, 4) is 17.2 Å². The summed E-state index contributed by atoms with van der Waals surface area (Å²) in [5, 5.41) is 9.38. The summed E-state index contributed by atoms with van der Waals surface area (Å²) >= 11 is 0. The van der Waals surface area contributed by atoms with Gasteiger partial charge in [0.05, 0.1) is 5.69 Å². The zero-order chi connectivity index (χ0) is 26.8. The molecule has 2 N–H and O–H groups in total. The van der Waals surface area contributed by atoms with E-state index in [2.05, 4.69) is 20.7 Å². The summed E-state index contributed by atoms with van der Waals surface area (Å²) in [7, 11) is 0. The van der Waals surface area contributed by atoms with E-state index in [9.17, 15) is 23.2 Å². The van der Waals surface area contributed by atoms with Crippen LogP contribution in [0.1, 0.15) is 28.9 Å². The molecule has 9 nitrogen and oxygen atoms in total. The van der Waals surface area contributed by atoms with E-state index in [1.165, 1.54) is 60.8 Å². The Balaban J connectivity index is 1.30. The van der Waals surface area contributed by atoms with Crippen LogP contribution in [0.3, 0.4) is 0 Å². The minimum Gasteiger partial charge on any atom is -0.454 e. The molecular formula is C27H21F2N5O4. The van der Waals surface area contributed by atoms with Gasteiger partial charge in [0.1, 0.15) is 17.4 Å². The molecule has 0 atom stereocenters. The van der Waals surface area contributed by atoms with Crippen molar-refractivity contribution in [2.24, 2.45) is 5.92 Å². The maximum atomic E-state index is 14.8. The Morgan fingerprint density at radius 1 is 1.00 bits per heavy atom. The minimum atomic E-state index is -0.746. The summed E-state index contributed by atoms with van der Waals surface area (Å²) < 4.78 is 34.7. The Labute approximate surface area is 215 Å². The first-order valence-electron chi connectivity index (χ1n) is 11.7. The lowest BCUT2D eigenvalue weighted by atomic mass is 10.2. The van der Waals surface area contributed by atoms with Crippen molar-refractivity contribution in [3.05, 3.63) is 100 Å². The quantitative estimate of drug-likeness (QED) is 0.370. The van der Waals surface area contributed by atoms with Gasteiger partial charge in [0, 0.05) is 36.0 Å². The molecule has 1 saturated carbocycles. The van der Waals surface area contributed by atoms with E-state index >= 15 is 0 Å². The second-order valence-corrected chi connectivity index (χ2v) is 8.74. The molecule has 2 heterocycles. The van der Waals surface area contributed by atoms with Crippen molar-refractivity contribution in [2.75, 3.05) is 10.6 Å². The van der Waals surface area contributed by atoms with Crippen LogP contribution < -0.4 is 20.9 Å². The molecule has 5 rings (SSSR count). The lowest BCUT2D eigenvalue weighted by molar-refractivity contribution is -0.117. The lowest BCUT2D eigenvalue weighted by Gasteiger charge is -2.12. The van der Waals surface area contributed by atoms with E-state index in [-0.39, 0.29) is 40.4 Å². The highest BCUT2D eigenvalue weighted by Crippen LogP contribution is 2.31. The van der Waals surface area contributed by atoms with Gasteiger partial charge in [0.25, 0.3) is 11.5 Å². The highest BCUT2D eigenvalue weighted by molar-refractivity contribution is 6.03. The van der Waals surface area contributed by atoms with Crippen LogP contribution in [0.15, 0.2) is 71.7 Å². The van der Waals surface area contributed by atoms with E-state index in [0.29, 0.717) is 11.4 Å². The van der Waals surface area contributed by atoms with Crippen LogP contribution in [0, 0.1) is 24.5 Å². The molecule has 1 aliphatic rings. The van der Waals surface area contributed by atoms with Crippen LogP contribution in [-0.2, 0) is 4.79 Å². The van der Waals surface area contributed by atoms with E-state index in [4.69, 9.17) is 4.74 Å². The van der Waals surface area contributed by atoms with Gasteiger partial charge in [-0.2, -0.15) is 9.78 Å². The van der Waals surface area contributed by atoms with E-state index in [0.717, 1.165) is 23.6 Å². The van der Waals surface area contributed by atoms with Gasteiger partial charge in [-0.15, -0.1) is 0 Å². The summed E-state index contributed by atoms with van der Waals surface area (Å²) in [6, 6.07) is 13.2. The predicted octanol–water partition coefficient (Wildman–Crippen LogP) is 4.61. The number of hydrogen-bond donors (Lipinski definition) is 2. The number of ether oxygens (including phenoxy) is 1. The molecule has 1 fully saturated rings. The molecule has 2 amide bonds. The molecule has 0 spiro atoms. The number of benzene rings is 2. The number of carbonyl (C=O) groups is 2. The second kappa shape index (κ2) is 10.2. The molecule has 11 heteroatoms. The van der Waals surface area contributed by atoms with Crippen LogP contribution in [0.25, 0.3) is 5.69 Å². The van der Waals surface area contributed by atoms with Crippen LogP contribution in [0.5, 0.6) is 11.5 Å². The zero-order valence-corrected chi connectivity index (χ0v) is 20.1. The van der Waals surface area contributed by atoms with Gasteiger partial charge in [-0.1, -0.05) is 0 Å². The van der Waals surface area contributed by atoms with Crippen molar-refractivity contribution in [1.82, 2.24) is 14.8 Å². The largest absolute Gasteiger partial charge is 0.454 e. The summed E-state index contributed by atoms with van der Waals surface area (Å²) in [5.74, 6) is -1.54. The SMILES string of the molecule is Cc1cc(=O)n(-c2ccc(F)cc2)nc1C(=O)Nc1ccc(Oc2ccnc(NC(=O)C3CC3)c2)c(F)c1. The number of anilines is 2. The Morgan fingerprint density at radius 2 is 1.76 bits per heavy atom. The van der Waals surface area contributed by atoms with Gasteiger partial charge >= 0.3 is 0 Å². The summed E-state index contributed by atoms with van der Waals surface area (Å²) in [6.45, 7) is 1.55. The monoisotopic (exact) mass is 517 g/mol. The lowest BCUT2D eigenvalue weighted by Crippen LogP contribution is -2.26. The van der Waals surface area contributed by atoms with Gasteiger partial charge in [-0.25, -0.2) is 13.8 Å². The molecule has 38 heavy (non-hydrogen) atoms. The fourth-order valence-corrected chi connectivity index (χ4v) is 3.63. The standard InChI is InChI=1S/C27H21F2N5O4/c1-15-12-24(35)34(19-7-4-17(28)5-8-19)33-25(15)27(37)31-18-6-9-22(21(29)13-18)38-20-10-11-30-23(14-20)32-26(36)16-2-3-16/h4-14,16H,2-3H2,1H3,(H,31,37)(H,30,32,36). The van der Waals surface area contributed by atoms with E-state index < -0.39 is 23.1 Å². The van der Waals surface area contributed by atoms with Crippen LogP contribution in [0.2, 0.25) is 0 Å². The zero-order valence-electron chi connectivity index (χ0n) is 20.1. The summed E-state index contributed by atoms with van der Waals surface area (Å²) in [5.41, 5.74) is 0.169. The molecule has 0 radical (unpaired) electrons. The normalized spacial score (nSPS) is 12.6. The van der Waals surface area contributed by atoms with Crippen LogP contribution >= 0.6 is 0 Å². The first-order valence-corrected chi connectivity index (χ1v) is 11.7. The first-order chi connectivity index (χ1) is 18.3. The maximum absolute atomic E-state index is 14.8. The number of halogens is 2. The number of carbonyl (C=O) groups excluding carboxylic acids is 2. The summed E-state index contributed by atoms with van der Waals surface area (Å²) in [4.78, 5) is 41.3. The molecule has 0 aliphatic heterocycles. The van der Waals surface area contributed by atoms with Crippen molar-refractivity contribution in [2.45, 2.75) is 19.8 Å². The number of rotatable bonds is 7. The van der Waals surface area contributed by atoms with Crippen LogP contribution in [0.4, 0.5) is 20.3 Å². The number of aryl methyl sites for hydroxylation is 1. The molecule has 2 aromatic heterocycles. The average molecular weight is 517 g/mol. The minimum absolute atomic E-state index is 0.00639. The molecule has 192 valence electrons. The average Bonchev–Trinajstić information content (AvgIpc) is 3.73. The number of pyridine rings is 1. The number of nitrogens with one attached hydrogen (secondary N) is 2. The second-order valence-electron chi connectivity index (χ2n) is 8.74. The fraction of sp³-hybridized carbons (Fsp3) is 0.148. The van der Waals surface area contributed by atoms with E-state index in [1.807, 2.05) is 0 Å². The van der Waals surface area contributed by atoms with Crippen molar-refractivity contribution < 1.29 is 23.1 Å². The van der Waals surface area contributed by atoms with Gasteiger partial charge in [-0.3, -0.25) is 14.4 Å². The third-order valence-electron chi connectivity index (χ3n) is 5.76. The Morgan fingerprint density at radius 3 is 2.47 bits per heavy atom. The van der Waals surface area contributed by atoms with Gasteiger partial charge in [0.15, 0.2) is 17.3 Å². The van der Waals surface area contributed by atoms with Crippen molar-refractivity contribution >= 4 is 23.3 Å². The first kappa shape index (κ1) is 24.8. The molecule has 0 unspecified atom stereocenters. The Hall–Kier alpha value is -4.93. The highest BCUT2D eigenvalue weighted by Gasteiger charge is 2.29. The van der Waals surface area contributed by atoms with Crippen LogP contribution in [-0.4, -0.2) is 26.6 Å². The molecule has 2 aromatic carbocycles. The third-order valence-corrected chi connectivity index (χ3v) is 5.76. The highest BCUT2D eigenvalue weighted by atomic mass is 19.1. The van der Waals surface area contributed by atoms with Gasteiger partial charge < -0.3 is 15.4 Å². The topological polar surface area (TPSA) is 115 Å². The van der Waals surface area contributed by atoms with Crippen molar-refractivity contribution in [1.29, 1.82) is 0 Å². The smallest absolute Gasteiger partial charge is 0.276 e. The predicted molar refractivity (Wildman–Crippen MR) is 135 cm³/mol. The molecule has 1 aliphatic carbocycles. The molecular weight excluding hydrogens is 496 g/mol. The Bertz CT molecular complexity index is 1600. The summed E-state index contributed by atoms with van der Waals surface area (Å²) in [6.07, 6.45) is 3.14. The Kier molecular flexibility index (Phi) is 6.65. The van der Waals surface area contributed by atoms with Crippen molar-refractivity contribution in [3.63, 3.8) is 0 Å². The number of aromatic nitrogens is 3. The fourth-order valence-electron chi connectivity index (χ4n) is 3.63. The molecule has 0 saturated heterocycles. The number of hydrogen-bond acceptors (Lipinski definition) is 6. The molecule has 0 bridgehead atoms. The van der Waals surface area contributed by atoms with Gasteiger partial charge in [0.2, 0.25) is 5.91 Å². The third kappa shape index (κ3) is 5.56. The maximum Gasteiger partial charge on any atom is 0.276 e. The van der Waals surface area contributed by atoms with E-state index in [1.54, 1.807) is 6.92 Å². The van der Waals surface area contributed by atoms with Gasteiger partial charge in [-0.05, 0) is 67.8 Å². The number of nitrogens with zero attached hydrogens (tertiary/aromatic N) is 3. The number of amides is 2. The molecule has 4 aromatic rings.